The summed E-state index contributed by atoms with van der Waals surface area (Å²) in [6.45, 7) is 0.503. The van der Waals surface area contributed by atoms with Crippen LogP contribution in [0.5, 0.6) is 0 Å². The fourth-order valence-electron chi connectivity index (χ4n) is 3.28. The van der Waals surface area contributed by atoms with Gasteiger partial charge in [-0.1, -0.05) is 37.5 Å². The van der Waals surface area contributed by atoms with Gasteiger partial charge in [0.2, 0.25) is 11.8 Å². The number of benzene rings is 1. The molecule has 3 rings (SSSR count). The van der Waals surface area contributed by atoms with Crippen molar-refractivity contribution in [3.05, 3.63) is 29.8 Å². The van der Waals surface area contributed by atoms with Crippen LogP contribution in [0, 0.1) is 0 Å². The number of rotatable bonds is 2. The minimum Gasteiger partial charge on any atom is -0.352 e. The Labute approximate surface area is 130 Å². The fourth-order valence-corrected chi connectivity index (χ4v) is 3.28. The minimum absolute atomic E-state index is 0.00972. The van der Waals surface area contributed by atoms with Crippen molar-refractivity contribution in [1.29, 1.82) is 0 Å². The molecule has 1 aliphatic heterocycles. The maximum atomic E-state index is 12.7. The summed E-state index contributed by atoms with van der Waals surface area (Å²) in [4.78, 5) is 24.4. The van der Waals surface area contributed by atoms with Gasteiger partial charge in [0.15, 0.2) is 0 Å². The second-order valence-electron chi connectivity index (χ2n) is 6.12. The third-order valence-corrected chi connectivity index (χ3v) is 4.46. The summed E-state index contributed by atoms with van der Waals surface area (Å²) in [6, 6.07) is 7.40. The number of carbonyl (C=O) groups is 2. The Morgan fingerprint density at radius 3 is 2.73 bits per heavy atom. The first-order valence-corrected chi connectivity index (χ1v) is 8.16. The quantitative estimate of drug-likeness (QED) is 0.783. The molecule has 2 aliphatic rings. The van der Waals surface area contributed by atoms with Crippen molar-refractivity contribution < 1.29 is 9.59 Å². The molecular formula is C17H23N3O2. The van der Waals surface area contributed by atoms with Gasteiger partial charge in [-0.3, -0.25) is 9.59 Å². The van der Waals surface area contributed by atoms with Gasteiger partial charge in [-0.15, -0.1) is 0 Å². The number of fused-ring (bicyclic) bond motifs is 1. The molecule has 0 aromatic heterocycles. The van der Waals surface area contributed by atoms with E-state index in [0.29, 0.717) is 13.0 Å². The lowest BCUT2D eigenvalue weighted by Crippen LogP contribution is -2.44. The van der Waals surface area contributed by atoms with Gasteiger partial charge in [0, 0.05) is 30.3 Å². The van der Waals surface area contributed by atoms with Crippen LogP contribution in [0.3, 0.4) is 0 Å². The molecule has 1 aliphatic carbocycles. The van der Waals surface area contributed by atoms with Crippen LogP contribution in [0.1, 0.15) is 50.1 Å². The van der Waals surface area contributed by atoms with Crippen molar-refractivity contribution in [2.24, 2.45) is 0 Å². The van der Waals surface area contributed by atoms with E-state index in [0.717, 1.165) is 24.1 Å². The van der Waals surface area contributed by atoms with Crippen molar-refractivity contribution >= 4 is 17.5 Å². The molecule has 22 heavy (non-hydrogen) atoms. The molecule has 1 saturated carbocycles. The van der Waals surface area contributed by atoms with Crippen molar-refractivity contribution in [2.45, 2.75) is 50.6 Å². The zero-order chi connectivity index (χ0) is 15.4. The number of para-hydroxylation sites is 1. The van der Waals surface area contributed by atoms with Crippen LogP contribution in [0.4, 0.5) is 5.69 Å². The summed E-state index contributed by atoms with van der Waals surface area (Å²) < 4.78 is 0. The van der Waals surface area contributed by atoms with Gasteiger partial charge in [-0.25, -0.2) is 0 Å². The normalized spacial score (nSPS) is 22.9. The van der Waals surface area contributed by atoms with Gasteiger partial charge >= 0.3 is 0 Å². The Morgan fingerprint density at radius 2 is 1.91 bits per heavy atom. The Kier molecular flexibility index (Phi) is 4.73. The minimum atomic E-state index is -0.404. The molecule has 1 unspecified atom stereocenters. The molecule has 0 spiro atoms. The van der Waals surface area contributed by atoms with E-state index in [-0.39, 0.29) is 17.9 Å². The third kappa shape index (κ3) is 3.47. The summed E-state index contributed by atoms with van der Waals surface area (Å²) in [7, 11) is 0. The molecule has 0 bridgehead atoms. The van der Waals surface area contributed by atoms with Crippen LogP contribution in [0.15, 0.2) is 24.3 Å². The zero-order valence-corrected chi connectivity index (χ0v) is 12.7. The average Bonchev–Trinajstić information content (AvgIpc) is 2.51. The molecule has 1 atom stereocenters. The molecule has 1 fully saturated rings. The van der Waals surface area contributed by atoms with E-state index in [9.17, 15) is 9.59 Å². The highest BCUT2D eigenvalue weighted by Crippen LogP contribution is 2.26. The van der Waals surface area contributed by atoms with Crippen LogP contribution in [0.2, 0.25) is 0 Å². The van der Waals surface area contributed by atoms with Crippen molar-refractivity contribution in [2.75, 3.05) is 11.9 Å². The van der Waals surface area contributed by atoms with Gasteiger partial charge in [-0.05, 0) is 18.9 Å². The lowest BCUT2D eigenvalue weighted by atomic mass is 9.94. The molecule has 5 heteroatoms. The van der Waals surface area contributed by atoms with Crippen LogP contribution in [-0.4, -0.2) is 24.4 Å². The predicted octanol–water partition coefficient (Wildman–Crippen LogP) is 2.11. The van der Waals surface area contributed by atoms with Crippen molar-refractivity contribution in [3.8, 4) is 0 Å². The Hall–Kier alpha value is -1.88. The summed E-state index contributed by atoms with van der Waals surface area (Å²) in [5.41, 5.74) is 1.56. The van der Waals surface area contributed by atoms with Gasteiger partial charge in [0.25, 0.3) is 0 Å². The van der Waals surface area contributed by atoms with E-state index in [1.165, 1.54) is 19.3 Å². The topological polar surface area (TPSA) is 70.2 Å². The van der Waals surface area contributed by atoms with Crippen LogP contribution in [0.25, 0.3) is 0 Å². The SMILES string of the molecule is O=C1CCNC(C(=O)NC2CCCCC2)c2ccccc2N1. The summed E-state index contributed by atoms with van der Waals surface area (Å²) in [6.07, 6.45) is 6.16. The van der Waals surface area contributed by atoms with Gasteiger partial charge < -0.3 is 16.0 Å². The number of carbonyl (C=O) groups excluding carboxylic acids is 2. The lowest BCUT2D eigenvalue weighted by Gasteiger charge is -2.28. The first kappa shape index (κ1) is 15.0. The highest BCUT2D eigenvalue weighted by Gasteiger charge is 2.27. The Balaban J connectivity index is 1.78. The molecule has 1 heterocycles. The maximum absolute atomic E-state index is 12.7. The number of anilines is 1. The Morgan fingerprint density at radius 1 is 1.14 bits per heavy atom. The van der Waals surface area contributed by atoms with Crippen molar-refractivity contribution in [3.63, 3.8) is 0 Å². The molecule has 3 N–H and O–H groups in total. The molecule has 0 radical (unpaired) electrons. The number of nitrogens with one attached hydrogen (secondary N) is 3. The van der Waals surface area contributed by atoms with Crippen LogP contribution in [-0.2, 0) is 9.59 Å². The summed E-state index contributed by atoms with van der Waals surface area (Å²) in [5, 5.41) is 9.29. The average molecular weight is 301 g/mol. The third-order valence-electron chi connectivity index (χ3n) is 4.46. The molecule has 5 nitrogen and oxygen atoms in total. The smallest absolute Gasteiger partial charge is 0.242 e. The predicted molar refractivity (Wildman–Crippen MR) is 85.4 cm³/mol. The van der Waals surface area contributed by atoms with Gasteiger partial charge in [0.05, 0.1) is 0 Å². The number of hydrogen-bond donors (Lipinski definition) is 3. The maximum Gasteiger partial charge on any atom is 0.242 e. The zero-order valence-electron chi connectivity index (χ0n) is 12.7. The highest BCUT2D eigenvalue weighted by molar-refractivity contribution is 5.94. The number of amides is 2. The number of hydrogen-bond acceptors (Lipinski definition) is 3. The molecular weight excluding hydrogens is 278 g/mol. The first-order valence-electron chi connectivity index (χ1n) is 8.16. The van der Waals surface area contributed by atoms with E-state index >= 15 is 0 Å². The largest absolute Gasteiger partial charge is 0.352 e. The van der Waals surface area contributed by atoms with Crippen LogP contribution >= 0.6 is 0 Å². The summed E-state index contributed by atoms with van der Waals surface area (Å²) in [5.74, 6) is -0.0124. The van der Waals surface area contributed by atoms with Gasteiger partial charge in [-0.2, -0.15) is 0 Å². The molecule has 2 amide bonds. The fraction of sp³-hybridized carbons (Fsp3) is 0.529. The van der Waals surface area contributed by atoms with Crippen molar-refractivity contribution in [1.82, 2.24) is 10.6 Å². The Bertz CT molecular complexity index is 553. The van der Waals surface area contributed by atoms with E-state index in [1.807, 2.05) is 24.3 Å². The molecule has 1 aromatic carbocycles. The lowest BCUT2D eigenvalue weighted by molar-refractivity contribution is -0.124. The highest BCUT2D eigenvalue weighted by atomic mass is 16.2. The molecule has 118 valence electrons. The summed E-state index contributed by atoms with van der Waals surface area (Å²) >= 11 is 0. The van der Waals surface area contributed by atoms with Crippen LogP contribution < -0.4 is 16.0 Å². The standard InChI is InChI=1S/C17H23N3O2/c21-15-10-11-18-16(13-8-4-5-9-14(13)20-15)17(22)19-12-6-2-1-3-7-12/h4-5,8-9,12,16,18H,1-3,6-7,10-11H2,(H,19,22)(H,20,21). The van der Waals surface area contributed by atoms with E-state index in [4.69, 9.17) is 0 Å². The van der Waals surface area contributed by atoms with E-state index in [1.54, 1.807) is 0 Å². The molecule has 1 aromatic rings. The first-order chi connectivity index (χ1) is 10.7. The van der Waals surface area contributed by atoms with E-state index in [2.05, 4.69) is 16.0 Å². The molecule has 0 saturated heterocycles. The van der Waals surface area contributed by atoms with E-state index < -0.39 is 6.04 Å². The second-order valence-corrected chi connectivity index (χ2v) is 6.12. The second kappa shape index (κ2) is 6.92. The monoisotopic (exact) mass is 301 g/mol. The van der Waals surface area contributed by atoms with Gasteiger partial charge in [0.1, 0.15) is 6.04 Å².